The molecule has 0 bridgehead atoms. The predicted octanol–water partition coefficient (Wildman–Crippen LogP) is 5.48. The van der Waals surface area contributed by atoms with Gasteiger partial charge in [-0.3, -0.25) is 4.79 Å². The van der Waals surface area contributed by atoms with E-state index in [1.807, 2.05) is 38.1 Å². The third kappa shape index (κ3) is 4.42. The van der Waals surface area contributed by atoms with Crippen molar-refractivity contribution in [3.05, 3.63) is 63.1 Å². The molecule has 0 saturated carbocycles. The van der Waals surface area contributed by atoms with E-state index in [0.29, 0.717) is 21.6 Å². The van der Waals surface area contributed by atoms with Crippen LogP contribution < -0.4 is 5.32 Å². The summed E-state index contributed by atoms with van der Waals surface area (Å²) in [6.07, 6.45) is 0. The Kier molecular flexibility index (Phi) is 6.18. The lowest BCUT2D eigenvalue weighted by Crippen LogP contribution is -2.15. The van der Waals surface area contributed by atoms with Crippen LogP contribution in [-0.4, -0.2) is 11.7 Å². The Bertz CT molecular complexity index is 668. The summed E-state index contributed by atoms with van der Waals surface area (Å²) in [6.45, 7) is 4.03. The molecule has 0 aliphatic carbocycles. The summed E-state index contributed by atoms with van der Waals surface area (Å²) >= 11 is 13.7. The molecule has 5 heteroatoms. The smallest absolute Gasteiger partial charge is 0.234 e. The first-order chi connectivity index (χ1) is 10.5. The lowest BCUT2D eigenvalue weighted by molar-refractivity contribution is -0.113. The fraction of sp³-hybridized carbons (Fsp3) is 0.235. The monoisotopic (exact) mass is 353 g/mol. The van der Waals surface area contributed by atoms with Crippen molar-refractivity contribution < 1.29 is 4.79 Å². The SMILES string of the molecule is Cc1cccc(NC(=O)CSCc2c(Cl)cccc2Cl)c1C. The van der Waals surface area contributed by atoms with Gasteiger partial charge in [-0.2, -0.15) is 0 Å². The molecule has 0 spiro atoms. The molecular weight excluding hydrogens is 337 g/mol. The molecule has 2 aromatic carbocycles. The molecule has 0 aliphatic rings. The van der Waals surface area contributed by atoms with Crippen LogP contribution >= 0.6 is 35.0 Å². The molecule has 2 aromatic rings. The molecule has 2 nitrogen and oxygen atoms in total. The van der Waals surface area contributed by atoms with Gasteiger partial charge in [0.1, 0.15) is 0 Å². The van der Waals surface area contributed by atoms with Gasteiger partial charge in [-0.05, 0) is 48.7 Å². The molecule has 0 aromatic heterocycles. The third-order valence-corrected chi connectivity index (χ3v) is 5.09. The Morgan fingerprint density at radius 2 is 1.73 bits per heavy atom. The van der Waals surface area contributed by atoms with E-state index in [1.165, 1.54) is 11.8 Å². The van der Waals surface area contributed by atoms with Gasteiger partial charge >= 0.3 is 0 Å². The molecule has 0 aliphatic heterocycles. The molecule has 0 fully saturated rings. The van der Waals surface area contributed by atoms with Gasteiger partial charge in [0.2, 0.25) is 5.91 Å². The second-order valence-electron chi connectivity index (χ2n) is 4.99. The van der Waals surface area contributed by atoms with Gasteiger partial charge in [0, 0.05) is 21.5 Å². The molecule has 0 saturated heterocycles. The van der Waals surface area contributed by atoms with E-state index < -0.39 is 0 Å². The largest absolute Gasteiger partial charge is 0.325 e. The lowest BCUT2D eigenvalue weighted by atomic mass is 10.1. The van der Waals surface area contributed by atoms with Crippen molar-refractivity contribution in [2.45, 2.75) is 19.6 Å². The van der Waals surface area contributed by atoms with Crippen LogP contribution in [0.4, 0.5) is 5.69 Å². The van der Waals surface area contributed by atoms with Crippen molar-refractivity contribution in [3.8, 4) is 0 Å². The minimum Gasteiger partial charge on any atom is -0.325 e. The van der Waals surface area contributed by atoms with Crippen LogP contribution in [-0.2, 0) is 10.5 Å². The first-order valence-electron chi connectivity index (χ1n) is 6.85. The van der Waals surface area contributed by atoms with Crippen LogP contribution in [0.3, 0.4) is 0 Å². The van der Waals surface area contributed by atoms with Crippen LogP contribution in [0, 0.1) is 13.8 Å². The summed E-state index contributed by atoms with van der Waals surface area (Å²) in [5, 5.41) is 4.21. The van der Waals surface area contributed by atoms with Crippen molar-refractivity contribution in [3.63, 3.8) is 0 Å². The summed E-state index contributed by atoms with van der Waals surface area (Å²) in [5.74, 6) is 0.940. The normalized spacial score (nSPS) is 10.5. The van der Waals surface area contributed by atoms with Crippen molar-refractivity contribution in [2.24, 2.45) is 0 Å². The summed E-state index contributed by atoms with van der Waals surface area (Å²) in [4.78, 5) is 12.0. The second kappa shape index (κ2) is 7.91. The van der Waals surface area contributed by atoms with Gasteiger partial charge in [0.25, 0.3) is 0 Å². The van der Waals surface area contributed by atoms with Gasteiger partial charge < -0.3 is 5.32 Å². The van der Waals surface area contributed by atoms with Crippen molar-refractivity contribution in [1.29, 1.82) is 0 Å². The number of carbonyl (C=O) groups is 1. The first kappa shape index (κ1) is 17.2. The van der Waals surface area contributed by atoms with Gasteiger partial charge in [-0.1, -0.05) is 41.4 Å². The number of halogens is 2. The summed E-state index contributed by atoms with van der Waals surface area (Å²) in [6, 6.07) is 11.3. The van der Waals surface area contributed by atoms with Crippen LogP contribution in [0.2, 0.25) is 10.0 Å². The number of amides is 1. The number of hydrogen-bond donors (Lipinski definition) is 1. The number of aryl methyl sites for hydroxylation is 1. The zero-order valence-corrected chi connectivity index (χ0v) is 14.8. The zero-order chi connectivity index (χ0) is 16.1. The van der Waals surface area contributed by atoms with Gasteiger partial charge in [0.15, 0.2) is 0 Å². The minimum absolute atomic E-state index is 0.0260. The maximum Gasteiger partial charge on any atom is 0.234 e. The number of benzene rings is 2. The van der Waals surface area contributed by atoms with E-state index in [9.17, 15) is 4.79 Å². The molecule has 0 unspecified atom stereocenters. The number of thioether (sulfide) groups is 1. The highest BCUT2D eigenvalue weighted by Gasteiger charge is 2.09. The van der Waals surface area contributed by atoms with E-state index in [1.54, 1.807) is 12.1 Å². The van der Waals surface area contributed by atoms with Crippen molar-refractivity contribution in [1.82, 2.24) is 0 Å². The van der Waals surface area contributed by atoms with Crippen molar-refractivity contribution >= 4 is 46.6 Å². The van der Waals surface area contributed by atoms with E-state index in [0.717, 1.165) is 22.4 Å². The number of carbonyl (C=O) groups excluding carboxylic acids is 1. The summed E-state index contributed by atoms with van der Waals surface area (Å²) in [5.41, 5.74) is 3.99. The molecule has 0 atom stereocenters. The highest BCUT2D eigenvalue weighted by Crippen LogP contribution is 2.28. The Hall–Kier alpha value is -1.16. The van der Waals surface area contributed by atoms with Gasteiger partial charge in [0.05, 0.1) is 5.75 Å². The standard InChI is InChI=1S/C17H17Cl2NOS/c1-11-5-3-8-16(12(11)2)20-17(21)10-22-9-13-14(18)6-4-7-15(13)19/h3-8H,9-10H2,1-2H3,(H,20,21). The van der Waals surface area contributed by atoms with Crippen molar-refractivity contribution in [2.75, 3.05) is 11.1 Å². The van der Waals surface area contributed by atoms with Gasteiger partial charge in [-0.25, -0.2) is 0 Å². The zero-order valence-electron chi connectivity index (χ0n) is 12.5. The average molecular weight is 354 g/mol. The highest BCUT2D eigenvalue weighted by molar-refractivity contribution is 7.99. The van der Waals surface area contributed by atoms with Crippen LogP contribution in [0.25, 0.3) is 0 Å². The lowest BCUT2D eigenvalue weighted by Gasteiger charge is -2.10. The van der Waals surface area contributed by atoms with E-state index in [-0.39, 0.29) is 5.91 Å². The topological polar surface area (TPSA) is 29.1 Å². The van der Waals surface area contributed by atoms with Crippen LogP contribution in [0.15, 0.2) is 36.4 Å². The highest BCUT2D eigenvalue weighted by atomic mass is 35.5. The molecule has 1 amide bonds. The summed E-state index contributed by atoms with van der Waals surface area (Å²) in [7, 11) is 0. The molecule has 0 heterocycles. The molecule has 116 valence electrons. The quantitative estimate of drug-likeness (QED) is 0.770. The molecule has 1 N–H and O–H groups in total. The molecule has 0 radical (unpaired) electrons. The molecule has 22 heavy (non-hydrogen) atoms. The second-order valence-corrected chi connectivity index (χ2v) is 6.79. The molecule has 2 rings (SSSR count). The Morgan fingerprint density at radius 3 is 2.41 bits per heavy atom. The third-order valence-electron chi connectivity index (χ3n) is 3.42. The van der Waals surface area contributed by atoms with Gasteiger partial charge in [-0.15, -0.1) is 11.8 Å². The number of nitrogens with one attached hydrogen (secondary N) is 1. The minimum atomic E-state index is -0.0260. The predicted molar refractivity (Wildman–Crippen MR) is 97.2 cm³/mol. The maximum absolute atomic E-state index is 12.0. The van der Waals surface area contributed by atoms with E-state index in [4.69, 9.17) is 23.2 Å². The Morgan fingerprint density at radius 1 is 1.09 bits per heavy atom. The maximum atomic E-state index is 12.0. The van der Waals surface area contributed by atoms with Crippen LogP contribution in [0.5, 0.6) is 0 Å². The number of anilines is 1. The number of hydrogen-bond acceptors (Lipinski definition) is 2. The fourth-order valence-corrected chi connectivity index (χ4v) is 3.55. The first-order valence-corrected chi connectivity index (χ1v) is 8.77. The molecular formula is C17H17Cl2NOS. The Balaban J connectivity index is 1.90. The summed E-state index contributed by atoms with van der Waals surface area (Å²) < 4.78 is 0. The van der Waals surface area contributed by atoms with Crippen LogP contribution in [0.1, 0.15) is 16.7 Å². The average Bonchev–Trinajstić information content (AvgIpc) is 2.47. The van der Waals surface area contributed by atoms with E-state index in [2.05, 4.69) is 5.32 Å². The Labute approximate surface area is 145 Å². The number of rotatable bonds is 5. The fourth-order valence-electron chi connectivity index (χ4n) is 1.99. The van der Waals surface area contributed by atoms with E-state index >= 15 is 0 Å².